The number of thioether (sulfide) groups is 1. The number of para-hydroxylation sites is 1. The average molecular weight is 472 g/mol. The van der Waals surface area contributed by atoms with Gasteiger partial charge in [0, 0.05) is 38.0 Å². The first-order chi connectivity index (χ1) is 16.7. The van der Waals surface area contributed by atoms with Crippen LogP contribution >= 0.6 is 11.8 Å². The number of carbonyl (C=O) groups is 2. The van der Waals surface area contributed by atoms with Crippen molar-refractivity contribution in [2.45, 2.75) is 11.4 Å². The molecule has 0 N–H and O–H groups in total. The zero-order chi connectivity index (χ0) is 23.3. The van der Waals surface area contributed by atoms with Gasteiger partial charge < -0.3 is 14.2 Å². The first-order valence-corrected chi connectivity index (χ1v) is 12.3. The van der Waals surface area contributed by atoms with E-state index in [1.807, 2.05) is 41.3 Å². The third kappa shape index (κ3) is 4.99. The summed E-state index contributed by atoms with van der Waals surface area (Å²) in [5.74, 6) is 0.593. The second kappa shape index (κ2) is 10.1. The Morgan fingerprint density at radius 2 is 1.62 bits per heavy atom. The highest BCUT2D eigenvalue weighted by Crippen LogP contribution is 2.27. The normalized spacial score (nSPS) is 13.9. The molecule has 6 nitrogen and oxygen atoms in total. The number of piperazine rings is 1. The van der Waals surface area contributed by atoms with Crippen molar-refractivity contribution in [2.75, 3.05) is 31.9 Å². The summed E-state index contributed by atoms with van der Waals surface area (Å²) >= 11 is 1.49. The number of amides is 2. The van der Waals surface area contributed by atoms with Gasteiger partial charge in [0.25, 0.3) is 5.91 Å². The molecule has 7 heteroatoms. The van der Waals surface area contributed by atoms with Gasteiger partial charge in [-0.3, -0.25) is 9.59 Å². The maximum absolute atomic E-state index is 13.0. The molecule has 0 atom stereocenters. The molecule has 1 aliphatic heterocycles. The summed E-state index contributed by atoms with van der Waals surface area (Å²) in [4.78, 5) is 33.9. The Morgan fingerprint density at radius 3 is 2.38 bits per heavy atom. The van der Waals surface area contributed by atoms with Gasteiger partial charge in [0.05, 0.1) is 17.5 Å². The number of benzene rings is 2. The summed E-state index contributed by atoms with van der Waals surface area (Å²) in [6, 6.07) is 23.9. The van der Waals surface area contributed by atoms with Crippen molar-refractivity contribution < 1.29 is 14.0 Å². The summed E-state index contributed by atoms with van der Waals surface area (Å²) in [6.45, 7) is 2.05. The minimum absolute atomic E-state index is 0.0655. The summed E-state index contributed by atoms with van der Waals surface area (Å²) in [7, 11) is 0. The molecule has 4 aromatic rings. The predicted molar refractivity (Wildman–Crippen MR) is 133 cm³/mol. The Kier molecular flexibility index (Phi) is 6.62. The Labute approximate surface area is 202 Å². The number of carbonyl (C=O) groups excluding carboxylic acids is 2. The van der Waals surface area contributed by atoms with E-state index in [1.165, 1.54) is 23.6 Å². The molecular weight excluding hydrogens is 446 g/mol. The summed E-state index contributed by atoms with van der Waals surface area (Å²) in [6.07, 6.45) is 2.26. The van der Waals surface area contributed by atoms with Gasteiger partial charge in [0.1, 0.15) is 5.03 Å². The molecule has 0 bridgehead atoms. The number of furan rings is 1. The van der Waals surface area contributed by atoms with E-state index in [4.69, 9.17) is 9.40 Å². The minimum atomic E-state index is -0.127. The van der Waals surface area contributed by atoms with Crippen molar-refractivity contribution in [3.63, 3.8) is 0 Å². The fraction of sp³-hybridized carbons (Fsp3) is 0.222. The van der Waals surface area contributed by atoms with E-state index in [-0.39, 0.29) is 11.8 Å². The summed E-state index contributed by atoms with van der Waals surface area (Å²) < 4.78 is 5.21. The van der Waals surface area contributed by atoms with Crippen LogP contribution in [0.1, 0.15) is 21.7 Å². The molecule has 2 amide bonds. The molecule has 1 fully saturated rings. The Bertz CT molecular complexity index is 1280. The standard InChI is InChI=1S/C27H25N3O3S/c31-25(29-12-14-30(15-13-29)27(32)24-11-6-16-33-24)19-34-26-22(17-20-7-2-1-3-8-20)18-21-9-4-5-10-23(21)28-26/h1-11,16,18H,12-15,17,19H2. The SMILES string of the molecule is O=C(CSc1nc2ccccc2cc1Cc1ccccc1)N1CCN(C(=O)c2ccco2)CC1. The number of nitrogens with zero attached hydrogens (tertiary/aromatic N) is 3. The number of fused-ring (bicyclic) bond motifs is 1. The molecule has 0 saturated carbocycles. The number of aromatic nitrogens is 1. The monoisotopic (exact) mass is 471 g/mol. The second-order valence-corrected chi connectivity index (χ2v) is 9.21. The van der Waals surface area contributed by atoms with E-state index < -0.39 is 0 Å². The fourth-order valence-corrected chi connectivity index (χ4v) is 5.07. The molecule has 172 valence electrons. The largest absolute Gasteiger partial charge is 0.459 e. The predicted octanol–water partition coefficient (Wildman–Crippen LogP) is 4.50. The topological polar surface area (TPSA) is 66.7 Å². The molecule has 3 heterocycles. The zero-order valence-corrected chi connectivity index (χ0v) is 19.5. The lowest BCUT2D eigenvalue weighted by Gasteiger charge is -2.34. The van der Waals surface area contributed by atoms with Gasteiger partial charge in [0.2, 0.25) is 5.91 Å². The first kappa shape index (κ1) is 22.2. The van der Waals surface area contributed by atoms with Crippen molar-refractivity contribution in [3.8, 4) is 0 Å². The molecule has 1 saturated heterocycles. The van der Waals surface area contributed by atoms with Crippen LogP contribution in [0.15, 0.2) is 88.5 Å². The van der Waals surface area contributed by atoms with Crippen molar-refractivity contribution in [1.29, 1.82) is 0 Å². The van der Waals surface area contributed by atoms with E-state index in [0.29, 0.717) is 37.7 Å². The van der Waals surface area contributed by atoms with Crippen molar-refractivity contribution in [1.82, 2.24) is 14.8 Å². The first-order valence-electron chi connectivity index (χ1n) is 11.3. The lowest BCUT2D eigenvalue weighted by molar-refractivity contribution is -0.129. The van der Waals surface area contributed by atoms with E-state index in [1.54, 1.807) is 17.0 Å². The zero-order valence-electron chi connectivity index (χ0n) is 18.7. The van der Waals surface area contributed by atoms with Crippen molar-refractivity contribution in [2.24, 2.45) is 0 Å². The maximum Gasteiger partial charge on any atom is 0.289 e. The van der Waals surface area contributed by atoms with Crippen LogP contribution in [0, 0.1) is 0 Å². The Balaban J connectivity index is 1.25. The van der Waals surface area contributed by atoms with Gasteiger partial charge in [-0.25, -0.2) is 4.98 Å². The highest BCUT2D eigenvalue weighted by molar-refractivity contribution is 7.99. The quantitative estimate of drug-likeness (QED) is 0.388. The van der Waals surface area contributed by atoms with Crippen LogP contribution in [0.3, 0.4) is 0 Å². The Hall–Kier alpha value is -3.58. The van der Waals surface area contributed by atoms with Crippen molar-refractivity contribution >= 4 is 34.5 Å². The highest BCUT2D eigenvalue weighted by atomic mass is 32.2. The molecule has 0 spiro atoms. The van der Waals surface area contributed by atoms with Crippen LogP contribution in [0.25, 0.3) is 10.9 Å². The van der Waals surface area contributed by atoms with Crippen LogP contribution in [0.5, 0.6) is 0 Å². The van der Waals surface area contributed by atoms with E-state index >= 15 is 0 Å². The van der Waals surface area contributed by atoms with E-state index in [2.05, 4.69) is 24.3 Å². The van der Waals surface area contributed by atoms with Gasteiger partial charge in [-0.05, 0) is 35.4 Å². The maximum atomic E-state index is 13.0. The summed E-state index contributed by atoms with van der Waals surface area (Å²) in [5.41, 5.74) is 3.26. The number of hydrogen-bond donors (Lipinski definition) is 0. The van der Waals surface area contributed by atoms with Crippen LogP contribution in [-0.4, -0.2) is 58.5 Å². The van der Waals surface area contributed by atoms with Gasteiger partial charge in [0.15, 0.2) is 5.76 Å². The Morgan fingerprint density at radius 1 is 0.882 bits per heavy atom. The number of rotatable bonds is 6. The van der Waals surface area contributed by atoms with Gasteiger partial charge in [-0.2, -0.15) is 0 Å². The van der Waals surface area contributed by atoms with Crippen LogP contribution in [0.2, 0.25) is 0 Å². The van der Waals surface area contributed by atoms with Gasteiger partial charge in [-0.1, -0.05) is 60.3 Å². The fourth-order valence-electron chi connectivity index (χ4n) is 4.15. The second-order valence-electron chi connectivity index (χ2n) is 8.25. The number of pyridine rings is 1. The molecule has 5 rings (SSSR count). The van der Waals surface area contributed by atoms with Crippen molar-refractivity contribution in [3.05, 3.63) is 95.9 Å². The molecule has 1 aliphatic rings. The molecule has 0 unspecified atom stereocenters. The molecule has 2 aromatic heterocycles. The third-order valence-electron chi connectivity index (χ3n) is 5.98. The highest BCUT2D eigenvalue weighted by Gasteiger charge is 2.26. The molecular formula is C27H25N3O3S. The smallest absolute Gasteiger partial charge is 0.289 e. The minimum Gasteiger partial charge on any atom is -0.459 e. The number of hydrogen-bond acceptors (Lipinski definition) is 5. The summed E-state index contributed by atoms with van der Waals surface area (Å²) in [5, 5.41) is 1.99. The van der Waals surface area contributed by atoms with Crippen LogP contribution in [-0.2, 0) is 11.2 Å². The van der Waals surface area contributed by atoms with E-state index in [9.17, 15) is 9.59 Å². The van der Waals surface area contributed by atoms with Crippen LogP contribution in [0.4, 0.5) is 0 Å². The molecule has 2 aromatic carbocycles. The van der Waals surface area contributed by atoms with Crippen LogP contribution < -0.4 is 0 Å². The molecule has 0 aliphatic carbocycles. The van der Waals surface area contributed by atoms with Gasteiger partial charge >= 0.3 is 0 Å². The molecule has 34 heavy (non-hydrogen) atoms. The third-order valence-corrected chi connectivity index (χ3v) is 7.00. The van der Waals surface area contributed by atoms with E-state index in [0.717, 1.165) is 27.9 Å². The van der Waals surface area contributed by atoms with Gasteiger partial charge in [-0.15, -0.1) is 0 Å². The lowest BCUT2D eigenvalue weighted by atomic mass is 10.0. The average Bonchev–Trinajstić information content (AvgIpc) is 3.43. The molecule has 0 radical (unpaired) electrons. The lowest BCUT2D eigenvalue weighted by Crippen LogP contribution is -2.51.